The van der Waals surface area contributed by atoms with Gasteiger partial charge in [-0.15, -0.1) is 24.0 Å². The lowest BCUT2D eigenvalue weighted by atomic mass is 10.2. The number of rotatable bonds is 6. The van der Waals surface area contributed by atoms with Crippen LogP contribution in [0.25, 0.3) is 5.82 Å². The molecule has 0 aliphatic heterocycles. The van der Waals surface area contributed by atoms with Gasteiger partial charge >= 0.3 is 6.09 Å². The van der Waals surface area contributed by atoms with Crippen molar-refractivity contribution in [3.8, 4) is 5.82 Å². The summed E-state index contributed by atoms with van der Waals surface area (Å²) in [4.78, 5) is 20.3. The molecule has 3 N–H and O–H groups in total. The number of ether oxygens (including phenoxy) is 1. The van der Waals surface area contributed by atoms with Crippen LogP contribution < -0.4 is 16.0 Å². The highest BCUT2D eigenvalue weighted by molar-refractivity contribution is 14.0. The predicted octanol–water partition coefficient (Wildman–Crippen LogP) is 2.69. The molecule has 2 rings (SSSR count). The summed E-state index contributed by atoms with van der Waals surface area (Å²) < 4.78 is 7.01. The highest BCUT2D eigenvalue weighted by Crippen LogP contribution is 2.10. The highest BCUT2D eigenvalue weighted by atomic mass is 127. The molecule has 0 atom stereocenters. The minimum atomic E-state index is -0.506. The summed E-state index contributed by atoms with van der Waals surface area (Å²) in [5.74, 6) is 1.42. The molecule has 2 aromatic rings. The van der Waals surface area contributed by atoms with E-state index in [9.17, 15) is 4.79 Å². The number of aliphatic imine (C=N–C) groups is 1. The van der Waals surface area contributed by atoms with Crippen LogP contribution in [0.3, 0.4) is 0 Å². The number of pyridine rings is 1. The second-order valence-corrected chi connectivity index (χ2v) is 7.64. The Morgan fingerprint density at radius 1 is 1.17 bits per heavy atom. The molecular weight excluding hydrogens is 497 g/mol. The molecule has 0 aromatic carbocycles. The van der Waals surface area contributed by atoms with Crippen LogP contribution >= 0.6 is 24.0 Å². The lowest BCUT2D eigenvalue weighted by Crippen LogP contribution is -2.42. The van der Waals surface area contributed by atoms with Crippen molar-refractivity contribution in [1.29, 1.82) is 0 Å². The fraction of sp³-hybridized carbons (Fsp3) is 0.500. The van der Waals surface area contributed by atoms with E-state index in [2.05, 4.69) is 31.0 Å². The van der Waals surface area contributed by atoms with E-state index >= 15 is 0 Å². The molecule has 0 bridgehead atoms. The van der Waals surface area contributed by atoms with Gasteiger partial charge in [-0.2, -0.15) is 5.10 Å². The Morgan fingerprint density at radius 3 is 2.40 bits per heavy atom. The summed E-state index contributed by atoms with van der Waals surface area (Å²) in [5, 5.41) is 13.5. The van der Waals surface area contributed by atoms with Gasteiger partial charge in [-0.1, -0.05) is 6.07 Å². The van der Waals surface area contributed by atoms with Gasteiger partial charge in [0.05, 0.1) is 5.69 Å². The van der Waals surface area contributed by atoms with Crippen LogP contribution in [-0.2, 0) is 11.3 Å². The molecule has 1 amide bonds. The number of nitrogens with zero attached hydrogens (tertiary/aromatic N) is 4. The second kappa shape index (κ2) is 11.7. The van der Waals surface area contributed by atoms with Crippen LogP contribution in [0.2, 0.25) is 0 Å². The van der Waals surface area contributed by atoms with Crippen molar-refractivity contribution in [1.82, 2.24) is 30.7 Å². The van der Waals surface area contributed by atoms with E-state index in [0.29, 0.717) is 25.6 Å². The van der Waals surface area contributed by atoms with Crippen molar-refractivity contribution in [2.24, 2.45) is 4.99 Å². The third-order valence-electron chi connectivity index (χ3n) is 3.80. The molecule has 0 fully saturated rings. The van der Waals surface area contributed by atoms with Crippen molar-refractivity contribution >= 4 is 36.0 Å². The number of carbonyl (C=O) groups is 1. The molecule has 2 heterocycles. The maximum Gasteiger partial charge on any atom is 0.407 e. The van der Waals surface area contributed by atoms with Gasteiger partial charge in [0, 0.05) is 38.6 Å². The number of amides is 1. The van der Waals surface area contributed by atoms with Gasteiger partial charge in [-0.3, -0.25) is 4.99 Å². The standard InChI is InChI=1S/C20H31N7O2.HI/c1-14-11-15(2)27(26-14)17-8-7-16(12-24-17)13-25-18(21-6)22-9-10-23-19(28)29-20(3,4)5;/h7-8,11-12H,9-10,13H2,1-6H3,(H,23,28)(H2,21,22,25);1H. The third kappa shape index (κ3) is 8.56. The molecule has 0 aliphatic rings. The van der Waals surface area contributed by atoms with Crippen molar-refractivity contribution in [2.45, 2.75) is 46.8 Å². The minimum absolute atomic E-state index is 0. The number of alkyl carbamates (subject to hydrolysis) is 1. The van der Waals surface area contributed by atoms with Gasteiger partial charge in [-0.25, -0.2) is 14.5 Å². The SMILES string of the molecule is CN=C(NCCNC(=O)OC(C)(C)C)NCc1ccc(-n2nc(C)cc2C)nc1.I. The maximum absolute atomic E-state index is 11.6. The number of carbonyl (C=O) groups excluding carboxylic acids is 1. The van der Waals surface area contributed by atoms with Crippen molar-refractivity contribution in [3.05, 3.63) is 41.3 Å². The average Bonchev–Trinajstić information content (AvgIpc) is 2.98. The van der Waals surface area contributed by atoms with E-state index in [1.165, 1.54) is 0 Å². The minimum Gasteiger partial charge on any atom is -0.444 e. The van der Waals surface area contributed by atoms with Gasteiger partial charge in [0.1, 0.15) is 5.60 Å². The topological polar surface area (TPSA) is 105 Å². The molecule has 10 heteroatoms. The van der Waals surface area contributed by atoms with Crippen molar-refractivity contribution < 1.29 is 9.53 Å². The fourth-order valence-corrected chi connectivity index (χ4v) is 2.57. The summed E-state index contributed by atoms with van der Waals surface area (Å²) in [6.07, 6.45) is 1.38. The first-order valence-electron chi connectivity index (χ1n) is 9.58. The van der Waals surface area contributed by atoms with Gasteiger partial charge in [0.15, 0.2) is 11.8 Å². The molecule has 30 heavy (non-hydrogen) atoms. The normalized spacial score (nSPS) is 11.5. The highest BCUT2D eigenvalue weighted by Gasteiger charge is 2.15. The van der Waals surface area contributed by atoms with E-state index in [4.69, 9.17) is 4.74 Å². The molecule has 2 aromatic heterocycles. The lowest BCUT2D eigenvalue weighted by molar-refractivity contribution is 0.0529. The first-order valence-corrected chi connectivity index (χ1v) is 9.58. The molecule has 0 saturated heterocycles. The number of hydrogen-bond acceptors (Lipinski definition) is 5. The zero-order valence-corrected chi connectivity index (χ0v) is 20.8. The molecule has 0 unspecified atom stereocenters. The summed E-state index contributed by atoms with van der Waals surface area (Å²) in [5.41, 5.74) is 2.52. The van der Waals surface area contributed by atoms with Gasteiger partial charge in [0.25, 0.3) is 0 Å². The summed E-state index contributed by atoms with van der Waals surface area (Å²) >= 11 is 0. The molecule has 166 valence electrons. The fourth-order valence-electron chi connectivity index (χ4n) is 2.57. The smallest absolute Gasteiger partial charge is 0.407 e. The zero-order valence-electron chi connectivity index (χ0n) is 18.4. The molecule has 0 aliphatic carbocycles. The van der Waals surface area contributed by atoms with Gasteiger partial charge in [-0.05, 0) is 52.3 Å². The Morgan fingerprint density at radius 2 is 1.87 bits per heavy atom. The van der Waals surface area contributed by atoms with E-state index < -0.39 is 11.7 Å². The van der Waals surface area contributed by atoms with E-state index in [-0.39, 0.29) is 24.0 Å². The molecule has 9 nitrogen and oxygen atoms in total. The molecule has 0 spiro atoms. The first-order chi connectivity index (χ1) is 13.7. The van der Waals surface area contributed by atoms with E-state index in [1.807, 2.05) is 63.7 Å². The van der Waals surface area contributed by atoms with Crippen LogP contribution in [0.5, 0.6) is 0 Å². The molecule has 0 radical (unpaired) electrons. The quantitative estimate of drug-likeness (QED) is 0.230. The zero-order chi connectivity index (χ0) is 21.4. The van der Waals surface area contributed by atoms with Gasteiger partial charge < -0.3 is 20.7 Å². The van der Waals surface area contributed by atoms with Crippen LogP contribution in [0, 0.1) is 13.8 Å². The number of guanidine groups is 1. The summed E-state index contributed by atoms with van der Waals surface area (Å²) in [7, 11) is 1.70. The van der Waals surface area contributed by atoms with Crippen LogP contribution in [-0.4, -0.2) is 52.6 Å². The van der Waals surface area contributed by atoms with E-state index in [0.717, 1.165) is 22.8 Å². The van der Waals surface area contributed by atoms with E-state index in [1.54, 1.807) is 7.05 Å². The monoisotopic (exact) mass is 529 g/mol. The molecular formula is C20H32IN7O2. The number of aromatic nitrogens is 3. The number of aryl methyl sites for hydroxylation is 2. The number of nitrogens with one attached hydrogen (secondary N) is 3. The Hall–Kier alpha value is -2.37. The number of halogens is 1. The predicted molar refractivity (Wildman–Crippen MR) is 129 cm³/mol. The third-order valence-corrected chi connectivity index (χ3v) is 3.80. The lowest BCUT2D eigenvalue weighted by Gasteiger charge is -2.19. The van der Waals surface area contributed by atoms with Gasteiger partial charge in [0.2, 0.25) is 0 Å². The van der Waals surface area contributed by atoms with Crippen molar-refractivity contribution in [2.75, 3.05) is 20.1 Å². The largest absolute Gasteiger partial charge is 0.444 e. The average molecular weight is 529 g/mol. The summed E-state index contributed by atoms with van der Waals surface area (Å²) in [6.45, 7) is 11.0. The number of hydrogen-bond donors (Lipinski definition) is 3. The second-order valence-electron chi connectivity index (χ2n) is 7.64. The maximum atomic E-state index is 11.6. The van der Waals surface area contributed by atoms with Crippen LogP contribution in [0.4, 0.5) is 4.79 Å². The Labute approximate surface area is 195 Å². The van der Waals surface area contributed by atoms with Crippen LogP contribution in [0.15, 0.2) is 29.4 Å². The molecule has 0 saturated carbocycles. The first kappa shape index (κ1) is 25.7. The Bertz CT molecular complexity index is 842. The Kier molecular flexibility index (Phi) is 10.0. The van der Waals surface area contributed by atoms with Crippen LogP contribution in [0.1, 0.15) is 37.7 Å². The Balaban J connectivity index is 0.00000450. The summed E-state index contributed by atoms with van der Waals surface area (Å²) in [6, 6.07) is 5.96. The van der Waals surface area contributed by atoms with Crippen molar-refractivity contribution in [3.63, 3.8) is 0 Å².